The summed E-state index contributed by atoms with van der Waals surface area (Å²) in [4.78, 5) is 14.9. The lowest BCUT2D eigenvalue weighted by Gasteiger charge is -2.16. The zero-order valence-electron chi connectivity index (χ0n) is 12.5. The van der Waals surface area contributed by atoms with Gasteiger partial charge in [0.1, 0.15) is 11.6 Å². The lowest BCUT2D eigenvalue weighted by Crippen LogP contribution is -2.01. The van der Waals surface area contributed by atoms with E-state index in [0.717, 1.165) is 30.9 Å². The SMILES string of the molecule is OCCCP(CCCc1ncc[nH]1)CCCc1ncc[nH]1. The molecule has 21 heavy (non-hydrogen) atoms. The maximum atomic E-state index is 9.05. The molecule has 2 aromatic rings. The topological polar surface area (TPSA) is 77.6 Å². The molecule has 0 amide bonds. The zero-order valence-corrected chi connectivity index (χ0v) is 13.4. The van der Waals surface area contributed by atoms with Gasteiger partial charge in [0, 0.05) is 44.2 Å². The van der Waals surface area contributed by atoms with Crippen molar-refractivity contribution >= 4 is 7.92 Å². The van der Waals surface area contributed by atoms with E-state index in [4.69, 9.17) is 5.11 Å². The van der Waals surface area contributed by atoms with Gasteiger partial charge in [-0.1, -0.05) is 0 Å². The number of aromatic amines is 2. The molecule has 2 heterocycles. The van der Waals surface area contributed by atoms with Gasteiger partial charge >= 0.3 is 0 Å². The van der Waals surface area contributed by atoms with E-state index in [1.54, 1.807) is 0 Å². The average molecular weight is 308 g/mol. The summed E-state index contributed by atoms with van der Waals surface area (Å²) in [5.74, 6) is 2.17. The van der Waals surface area contributed by atoms with Crippen molar-refractivity contribution in [3.05, 3.63) is 36.4 Å². The van der Waals surface area contributed by atoms with E-state index in [2.05, 4.69) is 19.9 Å². The van der Waals surface area contributed by atoms with Gasteiger partial charge in [0.25, 0.3) is 0 Å². The Balaban J connectivity index is 1.66. The summed E-state index contributed by atoms with van der Waals surface area (Å²) in [7, 11) is 0.0265. The van der Waals surface area contributed by atoms with E-state index in [1.807, 2.05) is 24.8 Å². The van der Waals surface area contributed by atoms with Crippen LogP contribution in [0.15, 0.2) is 24.8 Å². The first-order valence-electron chi connectivity index (χ1n) is 7.68. The first-order chi connectivity index (χ1) is 10.4. The lowest BCUT2D eigenvalue weighted by molar-refractivity contribution is 0.296. The van der Waals surface area contributed by atoms with E-state index >= 15 is 0 Å². The zero-order chi connectivity index (χ0) is 14.8. The minimum absolute atomic E-state index is 0.0265. The first-order valence-corrected chi connectivity index (χ1v) is 9.58. The number of imidazole rings is 2. The standard InChI is InChI=1S/C15H25N4OP/c20-10-3-13-21(11-1-4-14-16-6-7-17-14)12-2-5-15-18-8-9-19-15/h6-9,20H,1-5,10-13H2,(H,16,17)(H,18,19). The Bertz CT molecular complexity index is 418. The van der Waals surface area contributed by atoms with Crippen LogP contribution < -0.4 is 0 Å². The summed E-state index contributed by atoms with van der Waals surface area (Å²) >= 11 is 0. The van der Waals surface area contributed by atoms with Crippen molar-refractivity contribution < 1.29 is 5.11 Å². The molecule has 0 atom stereocenters. The van der Waals surface area contributed by atoms with Gasteiger partial charge < -0.3 is 15.1 Å². The van der Waals surface area contributed by atoms with Crippen LogP contribution in [0.4, 0.5) is 0 Å². The molecule has 0 unspecified atom stereocenters. The Morgan fingerprint density at radius 3 is 1.81 bits per heavy atom. The summed E-state index contributed by atoms with van der Waals surface area (Å²) in [5.41, 5.74) is 0. The van der Waals surface area contributed by atoms with Crippen LogP contribution >= 0.6 is 7.92 Å². The maximum absolute atomic E-state index is 9.05. The molecule has 0 radical (unpaired) electrons. The van der Waals surface area contributed by atoms with E-state index in [-0.39, 0.29) is 7.92 Å². The van der Waals surface area contributed by atoms with Crippen LogP contribution in [0.3, 0.4) is 0 Å². The van der Waals surface area contributed by atoms with Gasteiger partial charge in [-0.3, -0.25) is 0 Å². The first kappa shape index (κ1) is 16.2. The molecule has 6 heteroatoms. The summed E-state index contributed by atoms with van der Waals surface area (Å²) in [6.45, 7) is 0.315. The third kappa shape index (κ3) is 6.40. The molecule has 0 saturated heterocycles. The van der Waals surface area contributed by atoms with Gasteiger partial charge in [0.15, 0.2) is 0 Å². The number of hydrogen-bond acceptors (Lipinski definition) is 3. The van der Waals surface area contributed by atoms with Gasteiger partial charge in [0.05, 0.1) is 0 Å². The predicted octanol–water partition coefficient (Wildman–Crippen LogP) is 2.56. The third-order valence-corrected chi connectivity index (χ3v) is 6.36. The fourth-order valence-corrected chi connectivity index (χ4v) is 4.91. The minimum Gasteiger partial charge on any atom is -0.396 e. The third-order valence-electron chi connectivity index (χ3n) is 3.52. The average Bonchev–Trinajstić information content (AvgIpc) is 3.17. The van der Waals surface area contributed by atoms with Gasteiger partial charge in [-0.2, -0.15) is 0 Å². The van der Waals surface area contributed by atoms with E-state index in [0.29, 0.717) is 6.61 Å². The molecule has 0 aromatic carbocycles. The molecule has 0 spiro atoms. The molecule has 2 aromatic heterocycles. The minimum atomic E-state index is 0.0265. The number of nitrogens with one attached hydrogen (secondary N) is 2. The molecule has 0 fully saturated rings. The number of aliphatic hydroxyl groups is 1. The van der Waals surface area contributed by atoms with Crippen molar-refractivity contribution in [1.29, 1.82) is 0 Å². The number of aliphatic hydroxyl groups excluding tert-OH is 1. The van der Waals surface area contributed by atoms with Crippen molar-refractivity contribution in [3.8, 4) is 0 Å². The van der Waals surface area contributed by atoms with Crippen molar-refractivity contribution in [2.24, 2.45) is 0 Å². The molecule has 3 N–H and O–H groups in total. The van der Waals surface area contributed by atoms with Crippen LogP contribution in [0.5, 0.6) is 0 Å². The largest absolute Gasteiger partial charge is 0.396 e. The van der Waals surface area contributed by atoms with E-state index in [1.165, 1.54) is 31.3 Å². The molecule has 0 saturated carbocycles. The highest BCUT2D eigenvalue weighted by Crippen LogP contribution is 2.38. The smallest absolute Gasteiger partial charge is 0.106 e. The summed E-state index contributed by atoms with van der Waals surface area (Å²) in [6, 6.07) is 0. The Kier molecular flexibility index (Phi) is 7.47. The normalized spacial score (nSPS) is 11.3. The number of aromatic nitrogens is 4. The number of nitrogens with zero attached hydrogens (tertiary/aromatic N) is 2. The van der Waals surface area contributed by atoms with E-state index < -0.39 is 0 Å². The van der Waals surface area contributed by atoms with Crippen LogP contribution in [-0.2, 0) is 12.8 Å². The van der Waals surface area contributed by atoms with Crippen molar-refractivity contribution in [2.45, 2.75) is 32.1 Å². The Hall–Kier alpha value is -1.19. The van der Waals surface area contributed by atoms with Crippen LogP contribution in [0.1, 0.15) is 30.9 Å². The number of rotatable bonds is 11. The highest BCUT2D eigenvalue weighted by molar-refractivity contribution is 7.57. The Labute approximate surface area is 127 Å². The second-order valence-electron chi connectivity index (χ2n) is 5.20. The lowest BCUT2D eigenvalue weighted by atomic mass is 10.3. The molecule has 0 aliphatic carbocycles. The van der Waals surface area contributed by atoms with Crippen LogP contribution in [-0.4, -0.2) is 50.1 Å². The quantitative estimate of drug-likeness (QED) is 0.558. The molecular formula is C15H25N4OP. The Morgan fingerprint density at radius 2 is 1.38 bits per heavy atom. The summed E-state index contributed by atoms with van der Waals surface area (Å²) in [6.07, 6.45) is 16.5. The highest BCUT2D eigenvalue weighted by atomic mass is 31.1. The molecular weight excluding hydrogens is 283 g/mol. The second-order valence-corrected chi connectivity index (χ2v) is 7.88. The van der Waals surface area contributed by atoms with Crippen molar-refractivity contribution in [3.63, 3.8) is 0 Å². The van der Waals surface area contributed by atoms with Crippen LogP contribution in [0.25, 0.3) is 0 Å². The molecule has 2 rings (SSSR count). The number of H-pyrrole nitrogens is 2. The van der Waals surface area contributed by atoms with Gasteiger partial charge in [0.2, 0.25) is 0 Å². The molecule has 0 aliphatic heterocycles. The highest BCUT2D eigenvalue weighted by Gasteiger charge is 2.09. The second kappa shape index (κ2) is 9.69. The molecule has 116 valence electrons. The summed E-state index contributed by atoms with van der Waals surface area (Å²) in [5, 5.41) is 9.05. The maximum Gasteiger partial charge on any atom is 0.106 e. The van der Waals surface area contributed by atoms with Gasteiger partial charge in [-0.15, -0.1) is 7.92 Å². The van der Waals surface area contributed by atoms with Gasteiger partial charge in [-0.25, -0.2) is 9.97 Å². The fourth-order valence-electron chi connectivity index (χ4n) is 2.44. The predicted molar refractivity (Wildman–Crippen MR) is 87.0 cm³/mol. The molecule has 5 nitrogen and oxygen atoms in total. The molecule has 0 aliphatic rings. The monoisotopic (exact) mass is 308 g/mol. The fraction of sp³-hybridized carbons (Fsp3) is 0.600. The summed E-state index contributed by atoms with van der Waals surface area (Å²) < 4.78 is 0. The van der Waals surface area contributed by atoms with E-state index in [9.17, 15) is 0 Å². The Morgan fingerprint density at radius 1 is 0.857 bits per heavy atom. The van der Waals surface area contributed by atoms with Crippen LogP contribution in [0, 0.1) is 0 Å². The van der Waals surface area contributed by atoms with Crippen LogP contribution in [0.2, 0.25) is 0 Å². The number of aryl methyl sites for hydroxylation is 2. The van der Waals surface area contributed by atoms with Crippen molar-refractivity contribution in [1.82, 2.24) is 19.9 Å². The van der Waals surface area contributed by atoms with Crippen molar-refractivity contribution in [2.75, 3.05) is 25.1 Å². The van der Waals surface area contributed by atoms with Gasteiger partial charge in [-0.05, 0) is 37.7 Å². The molecule has 0 bridgehead atoms. The number of hydrogen-bond donors (Lipinski definition) is 3.